The smallest absolute Gasteiger partial charge is 0.228 e. The van der Waals surface area contributed by atoms with Gasteiger partial charge in [0.05, 0.1) is 5.92 Å². The van der Waals surface area contributed by atoms with Crippen LogP contribution in [0.1, 0.15) is 35.9 Å². The molecule has 2 fully saturated rings. The Morgan fingerprint density at radius 2 is 1.84 bits per heavy atom. The second kappa shape index (κ2) is 11.6. The van der Waals surface area contributed by atoms with Gasteiger partial charge in [0.2, 0.25) is 5.91 Å². The van der Waals surface area contributed by atoms with Crippen LogP contribution in [-0.2, 0) is 4.79 Å². The molecule has 0 N–H and O–H groups in total. The molecule has 9 heteroatoms. The maximum atomic E-state index is 14.9. The molecule has 2 aliphatic heterocycles. The fourth-order valence-electron chi connectivity index (χ4n) is 5.61. The lowest BCUT2D eigenvalue weighted by Crippen LogP contribution is -2.45. The van der Waals surface area contributed by atoms with E-state index < -0.39 is 23.5 Å². The third-order valence-electron chi connectivity index (χ3n) is 7.46. The molecule has 1 amide bonds. The van der Waals surface area contributed by atoms with Crippen molar-refractivity contribution in [1.82, 2.24) is 19.4 Å². The first-order valence-electron chi connectivity index (χ1n) is 12.7. The summed E-state index contributed by atoms with van der Waals surface area (Å²) in [6, 6.07) is 18.1. The standard InChI is InChI=1S/C28H31F2N5OS/c1-37-35-16-15-33(14-6-9-26(35)20-7-3-2-4-8-20)28(36)24-19-34(27-10-5-13-31-32-27)18-23(24)22-12-11-21(29)17-25(22)30/h2-5,7-8,10-13,17,23-24,26H,6,9,14-16,18-19H2,1H3/t23-,24+,26?/m0/s1. The number of aromatic nitrogens is 2. The minimum atomic E-state index is -0.623. The Hall–Kier alpha value is -3.04. The average molecular weight is 524 g/mol. The van der Waals surface area contributed by atoms with Crippen molar-refractivity contribution in [2.45, 2.75) is 24.8 Å². The van der Waals surface area contributed by atoms with Gasteiger partial charge in [0.1, 0.15) is 11.6 Å². The van der Waals surface area contributed by atoms with Crippen LogP contribution in [0.25, 0.3) is 0 Å². The number of carbonyl (C=O) groups is 1. The van der Waals surface area contributed by atoms with Gasteiger partial charge in [0.15, 0.2) is 5.82 Å². The summed E-state index contributed by atoms with van der Waals surface area (Å²) in [5.41, 5.74) is 1.66. The Kier molecular flexibility index (Phi) is 8.00. The molecule has 3 aromatic rings. The van der Waals surface area contributed by atoms with E-state index in [0.717, 1.165) is 25.5 Å². The molecule has 37 heavy (non-hydrogen) atoms. The summed E-state index contributed by atoms with van der Waals surface area (Å²) >= 11 is 1.70. The molecule has 0 bridgehead atoms. The van der Waals surface area contributed by atoms with Crippen LogP contribution < -0.4 is 4.90 Å². The summed E-state index contributed by atoms with van der Waals surface area (Å²) in [7, 11) is 0. The molecule has 0 aliphatic carbocycles. The van der Waals surface area contributed by atoms with Gasteiger partial charge in [-0.3, -0.25) is 4.79 Å². The number of amides is 1. The third-order valence-corrected chi connectivity index (χ3v) is 8.36. The normalized spacial score (nSPS) is 23.1. The minimum absolute atomic E-state index is 0.0133. The fraction of sp³-hybridized carbons (Fsp3) is 0.393. The van der Waals surface area contributed by atoms with E-state index in [1.807, 2.05) is 21.9 Å². The van der Waals surface area contributed by atoms with E-state index in [4.69, 9.17) is 0 Å². The Morgan fingerprint density at radius 1 is 1.00 bits per heavy atom. The van der Waals surface area contributed by atoms with Crippen LogP contribution >= 0.6 is 11.9 Å². The molecule has 194 valence electrons. The Bertz CT molecular complexity index is 1200. The highest BCUT2D eigenvalue weighted by Gasteiger charge is 2.42. The quantitative estimate of drug-likeness (QED) is 0.443. The molecule has 1 aromatic heterocycles. The van der Waals surface area contributed by atoms with Gasteiger partial charge in [-0.25, -0.2) is 13.1 Å². The molecule has 1 unspecified atom stereocenters. The summed E-state index contributed by atoms with van der Waals surface area (Å²) in [5.74, 6) is -1.45. The van der Waals surface area contributed by atoms with Crippen LogP contribution in [0, 0.1) is 17.6 Å². The monoisotopic (exact) mass is 523 g/mol. The lowest BCUT2D eigenvalue weighted by Gasteiger charge is -2.37. The second-order valence-electron chi connectivity index (χ2n) is 9.58. The van der Waals surface area contributed by atoms with Gasteiger partial charge in [-0.05, 0) is 48.4 Å². The molecule has 0 radical (unpaired) electrons. The van der Waals surface area contributed by atoms with Crippen LogP contribution in [0.4, 0.5) is 14.6 Å². The van der Waals surface area contributed by atoms with Gasteiger partial charge in [0.25, 0.3) is 0 Å². The average Bonchev–Trinajstić information content (AvgIpc) is 3.35. The molecule has 2 saturated heterocycles. The second-order valence-corrected chi connectivity index (χ2v) is 10.4. The molecule has 3 atom stereocenters. The zero-order chi connectivity index (χ0) is 25.8. The predicted molar refractivity (Wildman–Crippen MR) is 142 cm³/mol. The van der Waals surface area contributed by atoms with Crippen LogP contribution in [0.5, 0.6) is 0 Å². The zero-order valence-electron chi connectivity index (χ0n) is 20.8. The number of anilines is 1. The third kappa shape index (κ3) is 5.62. The van der Waals surface area contributed by atoms with Gasteiger partial charge < -0.3 is 9.80 Å². The highest BCUT2D eigenvalue weighted by atomic mass is 32.2. The fourth-order valence-corrected chi connectivity index (χ4v) is 6.35. The zero-order valence-corrected chi connectivity index (χ0v) is 21.7. The number of nitrogens with zero attached hydrogens (tertiary/aromatic N) is 5. The van der Waals surface area contributed by atoms with E-state index in [9.17, 15) is 13.6 Å². The van der Waals surface area contributed by atoms with Crippen molar-refractivity contribution in [1.29, 1.82) is 0 Å². The van der Waals surface area contributed by atoms with Gasteiger partial charge in [0, 0.05) is 56.9 Å². The Labute approximate surface area is 220 Å². The summed E-state index contributed by atoms with van der Waals surface area (Å²) in [6.45, 7) is 2.82. The lowest BCUT2D eigenvalue weighted by molar-refractivity contribution is -0.135. The van der Waals surface area contributed by atoms with Crippen LogP contribution in [0.15, 0.2) is 66.9 Å². The van der Waals surface area contributed by atoms with Crippen molar-refractivity contribution >= 4 is 23.7 Å². The number of benzene rings is 2. The highest BCUT2D eigenvalue weighted by Crippen LogP contribution is 2.38. The van der Waals surface area contributed by atoms with E-state index in [0.29, 0.717) is 43.6 Å². The van der Waals surface area contributed by atoms with Crippen molar-refractivity contribution in [2.24, 2.45) is 5.92 Å². The summed E-state index contributed by atoms with van der Waals surface area (Å²) in [4.78, 5) is 17.9. The van der Waals surface area contributed by atoms with Gasteiger partial charge in [-0.1, -0.05) is 48.3 Å². The number of halogens is 2. The summed E-state index contributed by atoms with van der Waals surface area (Å²) in [5, 5.41) is 8.18. The highest BCUT2D eigenvalue weighted by molar-refractivity contribution is 7.96. The molecule has 3 heterocycles. The van der Waals surface area contributed by atoms with Gasteiger partial charge >= 0.3 is 0 Å². The van der Waals surface area contributed by atoms with E-state index in [1.54, 1.807) is 24.2 Å². The topological polar surface area (TPSA) is 52.6 Å². The van der Waals surface area contributed by atoms with E-state index in [-0.39, 0.29) is 5.91 Å². The molecule has 2 aliphatic rings. The molecular formula is C28H31F2N5OS. The van der Waals surface area contributed by atoms with Crippen molar-refractivity contribution in [3.8, 4) is 0 Å². The predicted octanol–water partition coefficient (Wildman–Crippen LogP) is 4.92. The SMILES string of the molecule is CSN1CCN(C(=O)[C@@H]2CN(c3cccnn3)C[C@H]2c2ccc(F)cc2F)CCCC1c1ccccc1. The molecule has 0 saturated carbocycles. The first kappa shape index (κ1) is 25.6. The van der Waals surface area contributed by atoms with E-state index in [1.165, 1.54) is 17.7 Å². The van der Waals surface area contributed by atoms with E-state index >= 15 is 0 Å². The number of hydrogen-bond donors (Lipinski definition) is 0. The summed E-state index contributed by atoms with van der Waals surface area (Å²) < 4.78 is 30.9. The largest absolute Gasteiger partial charge is 0.354 e. The maximum absolute atomic E-state index is 14.9. The number of carbonyl (C=O) groups excluding carboxylic acids is 1. The number of hydrogen-bond acceptors (Lipinski definition) is 6. The van der Waals surface area contributed by atoms with Crippen molar-refractivity contribution in [3.63, 3.8) is 0 Å². The molecule has 0 spiro atoms. The van der Waals surface area contributed by atoms with Crippen molar-refractivity contribution in [3.05, 3.63) is 89.6 Å². The Balaban J connectivity index is 1.37. The first-order chi connectivity index (χ1) is 18.0. The molecule has 2 aromatic carbocycles. The molecule has 6 nitrogen and oxygen atoms in total. The van der Waals surface area contributed by atoms with Gasteiger partial charge in [-0.2, -0.15) is 5.10 Å². The molecular weight excluding hydrogens is 492 g/mol. The van der Waals surface area contributed by atoms with Crippen LogP contribution in [0.2, 0.25) is 0 Å². The Morgan fingerprint density at radius 3 is 2.57 bits per heavy atom. The first-order valence-corrected chi connectivity index (χ1v) is 13.9. The van der Waals surface area contributed by atoms with E-state index in [2.05, 4.69) is 45.0 Å². The molecule has 5 rings (SSSR count). The lowest BCUT2D eigenvalue weighted by atomic mass is 9.87. The van der Waals surface area contributed by atoms with Crippen molar-refractivity contribution in [2.75, 3.05) is 43.9 Å². The van der Waals surface area contributed by atoms with Crippen LogP contribution in [0.3, 0.4) is 0 Å². The van der Waals surface area contributed by atoms with Crippen LogP contribution in [-0.4, -0.2) is 64.3 Å². The number of rotatable bonds is 5. The minimum Gasteiger partial charge on any atom is -0.354 e. The maximum Gasteiger partial charge on any atom is 0.228 e. The summed E-state index contributed by atoms with van der Waals surface area (Å²) in [6.07, 6.45) is 5.49. The van der Waals surface area contributed by atoms with Gasteiger partial charge in [-0.15, -0.1) is 5.10 Å². The van der Waals surface area contributed by atoms with Crippen molar-refractivity contribution < 1.29 is 13.6 Å².